The number of nitrogens with zero attached hydrogens (tertiary/aromatic N) is 2. The number of thiophene rings is 1. The summed E-state index contributed by atoms with van der Waals surface area (Å²) in [6.07, 6.45) is 5.00. The van der Waals surface area contributed by atoms with Crippen LogP contribution in [0.25, 0.3) is 5.52 Å². The Morgan fingerprint density at radius 2 is 2.25 bits per heavy atom. The summed E-state index contributed by atoms with van der Waals surface area (Å²) in [5.74, 6) is 0. The third-order valence-corrected chi connectivity index (χ3v) is 4.54. The van der Waals surface area contributed by atoms with Gasteiger partial charge in [0, 0.05) is 16.6 Å². The summed E-state index contributed by atoms with van der Waals surface area (Å²) in [5.41, 5.74) is 2.32. The fourth-order valence-corrected chi connectivity index (χ4v) is 3.47. The van der Waals surface area contributed by atoms with Gasteiger partial charge in [0.25, 0.3) is 0 Å². The van der Waals surface area contributed by atoms with Crippen LogP contribution in [0.1, 0.15) is 29.8 Å². The molecule has 3 aromatic rings. The third-order valence-electron chi connectivity index (χ3n) is 3.24. The van der Waals surface area contributed by atoms with Crippen LogP contribution in [0.4, 0.5) is 0 Å². The number of fused-ring (bicyclic) bond motifs is 1. The van der Waals surface area contributed by atoms with Crippen LogP contribution in [0.15, 0.2) is 42.7 Å². The summed E-state index contributed by atoms with van der Waals surface area (Å²) < 4.78 is 2.73. The van der Waals surface area contributed by atoms with Crippen molar-refractivity contribution in [2.75, 3.05) is 6.54 Å². The van der Waals surface area contributed by atoms with Crippen molar-refractivity contribution in [2.45, 2.75) is 19.4 Å². The van der Waals surface area contributed by atoms with Gasteiger partial charge in [0.05, 0.1) is 22.1 Å². The fourth-order valence-electron chi connectivity index (χ4n) is 2.31. The van der Waals surface area contributed by atoms with E-state index in [1.165, 1.54) is 10.4 Å². The highest BCUT2D eigenvalue weighted by molar-refractivity contribution is 7.16. The molecule has 1 N–H and O–H groups in total. The van der Waals surface area contributed by atoms with Crippen molar-refractivity contribution in [2.24, 2.45) is 0 Å². The van der Waals surface area contributed by atoms with Gasteiger partial charge in [-0.2, -0.15) is 5.10 Å². The van der Waals surface area contributed by atoms with E-state index < -0.39 is 0 Å². The first-order valence-electron chi connectivity index (χ1n) is 6.70. The van der Waals surface area contributed by atoms with Crippen molar-refractivity contribution in [3.63, 3.8) is 0 Å². The Morgan fingerprint density at radius 1 is 1.35 bits per heavy atom. The normalized spacial score (nSPS) is 12.9. The molecule has 3 heterocycles. The van der Waals surface area contributed by atoms with E-state index in [-0.39, 0.29) is 6.04 Å². The molecule has 0 amide bonds. The van der Waals surface area contributed by atoms with Crippen molar-refractivity contribution >= 4 is 28.5 Å². The number of halogens is 1. The van der Waals surface area contributed by atoms with Gasteiger partial charge in [-0.25, -0.2) is 4.52 Å². The topological polar surface area (TPSA) is 29.3 Å². The first-order valence-corrected chi connectivity index (χ1v) is 7.90. The molecule has 0 fully saturated rings. The summed E-state index contributed by atoms with van der Waals surface area (Å²) in [4.78, 5) is 1.22. The average molecular weight is 306 g/mol. The van der Waals surface area contributed by atoms with Crippen LogP contribution in [-0.2, 0) is 0 Å². The Hall–Kier alpha value is -1.36. The minimum absolute atomic E-state index is 0.146. The second-order valence-corrected chi connectivity index (χ2v) is 6.41. The molecular weight excluding hydrogens is 290 g/mol. The minimum Gasteiger partial charge on any atom is -0.305 e. The van der Waals surface area contributed by atoms with E-state index in [1.807, 2.05) is 35.1 Å². The first kappa shape index (κ1) is 13.6. The Balaban J connectivity index is 2.04. The molecule has 104 valence electrons. The van der Waals surface area contributed by atoms with Crippen molar-refractivity contribution < 1.29 is 0 Å². The van der Waals surface area contributed by atoms with Gasteiger partial charge in [-0.3, -0.25) is 0 Å². The zero-order chi connectivity index (χ0) is 13.9. The van der Waals surface area contributed by atoms with E-state index in [0.29, 0.717) is 0 Å². The lowest BCUT2D eigenvalue weighted by molar-refractivity contribution is 0.609. The molecule has 1 unspecified atom stereocenters. The highest BCUT2D eigenvalue weighted by atomic mass is 35.5. The summed E-state index contributed by atoms with van der Waals surface area (Å²) in [7, 11) is 0. The molecule has 0 radical (unpaired) electrons. The maximum Gasteiger partial charge on any atom is 0.0931 e. The van der Waals surface area contributed by atoms with Gasteiger partial charge >= 0.3 is 0 Å². The van der Waals surface area contributed by atoms with Gasteiger partial charge in [0.15, 0.2) is 0 Å². The van der Waals surface area contributed by atoms with E-state index in [4.69, 9.17) is 11.6 Å². The van der Waals surface area contributed by atoms with Gasteiger partial charge in [0.1, 0.15) is 0 Å². The molecule has 0 aliphatic rings. The molecule has 3 nitrogen and oxygen atoms in total. The van der Waals surface area contributed by atoms with Crippen LogP contribution >= 0.6 is 22.9 Å². The quantitative estimate of drug-likeness (QED) is 0.767. The van der Waals surface area contributed by atoms with Crippen molar-refractivity contribution in [3.05, 3.63) is 57.5 Å². The smallest absolute Gasteiger partial charge is 0.0931 e. The lowest BCUT2D eigenvalue weighted by Gasteiger charge is -2.16. The van der Waals surface area contributed by atoms with Gasteiger partial charge in [-0.15, -0.1) is 11.3 Å². The van der Waals surface area contributed by atoms with Crippen molar-refractivity contribution in [1.82, 2.24) is 14.9 Å². The van der Waals surface area contributed by atoms with Crippen LogP contribution in [0.2, 0.25) is 4.34 Å². The largest absolute Gasteiger partial charge is 0.305 e. The number of nitrogens with one attached hydrogen (secondary N) is 1. The molecule has 0 spiro atoms. The first-order chi connectivity index (χ1) is 9.79. The number of aromatic nitrogens is 2. The number of rotatable bonds is 5. The molecule has 5 heteroatoms. The van der Waals surface area contributed by atoms with E-state index in [9.17, 15) is 0 Å². The Kier molecular flexibility index (Phi) is 4.05. The monoisotopic (exact) mass is 305 g/mol. The summed E-state index contributed by atoms with van der Waals surface area (Å²) >= 11 is 7.71. The standard InChI is InChI=1S/C15H16ClN3S/c1-2-8-17-15(13-6-7-14(16)20-13)11-10-18-19-9-4-3-5-12(11)19/h3-7,9-10,15,17H,2,8H2,1H3. The number of hydrogen-bond acceptors (Lipinski definition) is 3. The zero-order valence-corrected chi connectivity index (χ0v) is 12.8. The lowest BCUT2D eigenvalue weighted by atomic mass is 10.1. The van der Waals surface area contributed by atoms with E-state index in [0.717, 1.165) is 22.8 Å². The summed E-state index contributed by atoms with van der Waals surface area (Å²) in [5, 5.41) is 8.02. The van der Waals surface area contributed by atoms with Gasteiger partial charge in [-0.05, 0) is 37.2 Å². The minimum atomic E-state index is 0.146. The van der Waals surface area contributed by atoms with Crippen LogP contribution in [0.5, 0.6) is 0 Å². The van der Waals surface area contributed by atoms with E-state index >= 15 is 0 Å². The predicted octanol–water partition coefficient (Wildman–Crippen LogP) is 4.14. The molecule has 3 rings (SSSR count). The molecule has 0 saturated heterocycles. The molecular formula is C15H16ClN3S. The van der Waals surface area contributed by atoms with Crippen LogP contribution in [-0.4, -0.2) is 16.2 Å². The maximum atomic E-state index is 6.09. The SMILES string of the molecule is CCCNC(c1ccc(Cl)s1)c1cnn2ccccc12. The number of pyridine rings is 1. The van der Waals surface area contributed by atoms with Crippen LogP contribution in [0, 0.1) is 0 Å². The van der Waals surface area contributed by atoms with E-state index in [1.54, 1.807) is 11.3 Å². The Bertz CT molecular complexity index is 704. The molecule has 3 aromatic heterocycles. The number of hydrogen-bond donors (Lipinski definition) is 1. The van der Waals surface area contributed by atoms with Crippen LogP contribution in [0.3, 0.4) is 0 Å². The third kappa shape index (κ3) is 2.59. The maximum absolute atomic E-state index is 6.09. The Labute approximate surface area is 127 Å². The molecule has 0 aliphatic heterocycles. The predicted molar refractivity (Wildman–Crippen MR) is 84.7 cm³/mol. The van der Waals surface area contributed by atoms with Gasteiger partial charge in [-0.1, -0.05) is 24.6 Å². The molecule has 0 saturated carbocycles. The van der Waals surface area contributed by atoms with E-state index in [2.05, 4.69) is 29.5 Å². The second-order valence-electron chi connectivity index (χ2n) is 4.66. The summed E-state index contributed by atoms with van der Waals surface area (Å²) in [6.45, 7) is 3.13. The average Bonchev–Trinajstić information content (AvgIpc) is 3.07. The molecule has 0 bridgehead atoms. The van der Waals surface area contributed by atoms with Gasteiger partial charge < -0.3 is 5.32 Å². The summed E-state index contributed by atoms with van der Waals surface area (Å²) in [6, 6.07) is 10.3. The van der Waals surface area contributed by atoms with Crippen molar-refractivity contribution in [1.29, 1.82) is 0 Å². The highest BCUT2D eigenvalue weighted by Gasteiger charge is 2.19. The Morgan fingerprint density at radius 3 is 3.00 bits per heavy atom. The van der Waals surface area contributed by atoms with Gasteiger partial charge in [0.2, 0.25) is 0 Å². The molecule has 20 heavy (non-hydrogen) atoms. The zero-order valence-electron chi connectivity index (χ0n) is 11.2. The van der Waals surface area contributed by atoms with Crippen molar-refractivity contribution in [3.8, 4) is 0 Å². The van der Waals surface area contributed by atoms with Crippen LogP contribution < -0.4 is 5.32 Å². The molecule has 0 aromatic carbocycles. The fraction of sp³-hybridized carbons (Fsp3) is 0.267. The highest BCUT2D eigenvalue weighted by Crippen LogP contribution is 2.32. The second kappa shape index (κ2) is 5.95. The lowest BCUT2D eigenvalue weighted by Crippen LogP contribution is -2.22. The molecule has 0 aliphatic carbocycles. The molecule has 1 atom stereocenters.